The third kappa shape index (κ3) is 5.46. The van der Waals surface area contributed by atoms with E-state index in [4.69, 9.17) is 16.3 Å². The smallest absolute Gasteiger partial charge is 0.255 e. The highest BCUT2D eigenvalue weighted by Crippen LogP contribution is 2.29. The number of aromatic nitrogens is 3. The van der Waals surface area contributed by atoms with Gasteiger partial charge in [-0.1, -0.05) is 16.8 Å². The van der Waals surface area contributed by atoms with E-state index in [2.05, 4.69) is 20.9 Å². The van der Waals surface area contributed by atoms with Crippen LogP contribution in [0.15, 0.2) is 59.9 Å². The molecule has 0 spiro atoms. The Kier molecular flexibility index (Phi) is 6.98. The van der Waals surface area contributed by atoms with E-state index in [-0.39, 0.29) is 17.7 Å². The molecule has 34 heavy (non-hydrogen) atoms. The molecular weight excluding hydrogens is 454 g/mol. The van der Waals surface area contributed by atoms with Gasteiger partial charge in [-0.2, -0.15) is 0 Å². The lowest BCUT2D eigenvalue weighted by atomic mass is 10.1. The molecule has 9 heteroatoms. The maximum absolute atomic E-state index is 12.7. The van der Waals surface area contributed by atoms with Crippen molar-refractivity contribution in [2.45, 2.75) is 46.3 Å². The third-order valence-electron chi connectivity index (χ3n) is 5.58. The molecule has 1 aliphatic rings. The van der Waals surface area contributed by atoms with Gasteiger partial charge in [0.2, 0.25) is 0 Å². The summed E-state index contributed by atoms with van der Waals surface area (Å²) in [4.78, 5) is 24.4. The number of nitrogens with one attached hydrogen (secondary N) is 2. The minimum Gasteiger partial charge on any atom is -0.487 e. The fourth-order valence-corrected chi connectivity index (χ4v) is 3.71. The normalized spacial score (nSPS) is 13.5. The number of ketones is 1. The van der Waals surface area contributed by atoms with E-state index in [0.717, 1.165) is 17.0 Å². The van der Waals surface area contributed by atoms with Gasteiger partial charge in [-0.25, -0.2) is 4.68 Å². The van der Waals surface area contributed by atoms with Gasteiger partial charge in [-0.3, -0.25) is 9.59 Å². The second-order valence-electron chi connectivity index (χ2n) is 8.40. The Morgan fingerprint density at radius 2 is 1.94 bits per heavy atom. The lowest BCUT2D eigenvalue weighted by molar-refractivity contribution is -0.114. The van der Waals surface area contributed by atoms with Crippen LogP contribution in [0.1, 0.15) is 55.7 Å². The number of carbonyl (C=O) groups is 2. The topological polar surface area (TPSA) is 98.1 Å². The highest BCUT2D eigenvalue weighted by molar-refractivity contribution is 6.33. The van der Waals surface area contributed by atoms with Gasteiger partial charge in [0.25, 0.3) is 5.91 Å². The summed E-state index contributed by atoms with van der Waals surface area (Å²) in [6, 6.07) is 12.4. The summed E-state index contributed by atoms with van der Waals surface area (Å²) >= 11 is 6.39. The van der Waals surface area contributed by atoms with Gasteiger partial charge in [0.1, 0.15) is 18.1 Å². The molecule has 0 unspecified atom stereocenters. The summed E-state index contributed by atoms with van der Waals surface area (Å²) in [6.45, 7) is 6.18. The van der Waals surface area contributed by atoms with Gasteiger partial charge in [-0.15, -0.1) is 5.10 Å². The van der Waals surface area contributed by atoms with E-state index in [1.54, 1.807) is 54.1 Å². The van der Waals surface area contributed by atoms with E-state index >= 15 is 0 Å². The predicted octanol–water partition coefficient (Wildman–Crippen LogP) is 5.39. The number of carbonyl (C=O) groups excluding carboxylic acids is 2. The molecule has 0 aliphatic heterocycles. The molecule has 0 atom stereocenters. The first-order chi connectivity index (χ1) is 16.3. The number of anilines is 2. The van der Waals surface area contributed by atoms with Gasteiger partial charge >= 0.3 is 0 Å². The molecule has 0 saturated heterocycles. The maximum Gasteiger partial charge on any atom is 0.255 e. The van der Waals surface area contributed by atoms with Crippen molar-refractivity contribution in [3.63, 3.8) is 0 Å². The van der Waals surface area contributed by atoms with Gasteiger partial charge in [-0.05, 0) is 69.7 Å². The molecule has 1 aliphatic carbocycles. The molecule has 8 nitrogen and oxygen atoms in total. The minimum atomic E-state index is -0.279. The zero-order valence-corrected chi connectivity index (χ0v) is 20.0. The van der Waals surface area contributed by atoms with Crippen LogP contribution in [0.25, 0.3) is 0 Å². The van der Waals surface area contributed by atoms with Crippen LogP contribution < -0.4 is 15.4 Å². The Labute approximate surface area is 202 Å². The number of allylic oxidation sites excluding steroid dienone is 2. The largest absolute Gasteiger partial charge is 0.487 e. The van der Waals surface area contributed by atoms with Crippen LogP contribution in [-0.4, -0.2) is 26.7 Å². The quantitative estimate of drug-likeness (QED) is 0.449. The number of halogens is 1. The fraction of sp³-hybridized carbons (Fsp3) is 0.280. The second-order valence-corrected chi connectivity index (χ2v) is 8.80. The van der Waals surface area contributed by atoms with E-state index in [9.17, 15) is 9.59 Å². The molecular formula is C25H26ClN5O3. The van der Waals surface area contributed by atoms with Gasteiger partial charge in [0.15, 0.2) is 5.78 Å². The monoisotopic (exact) mass is 479 g/mol. The van der Waals surface area contributed by atoms with Crippen molar-refractivity contribution < 1.29 is 14.3 Å². The van der Waals surface area contributed by atoms with Crippen molar-refractivity contribution in [3.8, 4) is 5.75 Å². The summed E-state index contributed by atoms with van der Waals surface area (Å²) in [7, 11) is 0. The first-order valence-electron chi connectivity index (χ1n) is 11.0. The molecule has 2 aromatic carbocycles. The Morgan fingerprint density at radius 3 is 2.56 bits per heavy atom. The number of nitrogens with zero attached hydrogens (tertiary/aromatic N) is 3. The van der Waals surface area contributed by atoms with Crippen LogP contribution in [0.2, 0.25) is 5.02 Å². The maximum atomic E-state index is 12.7. The zero-order chi connectivity index (χ0) is 24.2. The molecule has 3 aromatic rings. The molecule has 176 valence electrons. The molecule has 0 fully saturated rings. The standard InChI is InChI=1S/C25H26ClN5O3/c1-15(2)31-13-19(29-30-31)14-34-20-7-5-18(6-8-20)27-25(33)17-4-9-23(21(26)12-17)28-22-10-11-24(32)16(22)3/h4-9,12-13,15,28H,10-11,14H2,1-3H3,(H,27,33). The van der Waals surface area contributed by atoms with Crippen molar-refractivity contribution in [1.29, 1.82) is 0 Å². The Hall–Kier alpha value is -3.65. The van der Waals surface area contributed by atoms with E-state index < -0.39 is 0 Å². The predicted molar refractivity (Wildman–Crippen MR) is 131 cm³/mol. The number of benzene rings is 2. The molecule has 0 saturated carbocycles. The highest BCUT2D eigenvalue weighted by atomic mass is 35.5. The summed E-state index contributed by atoms with van der Waals surface area (Å²) < 4.78 is 7.53. The molecule has 1 amide bonds. The minimum absolute atomic E-state index is 0.143. The summed E-state index contributed by atoms with van der Waals surface area (Å²) in [6.07, 6.45) is 3.04. The van der Waals surface area contributed by atoms with E-state index in [1.807, 2.05) is 20.0 Å². The number of rotatable bonds is 8. The van der Waals surface area contributed by atoms with Crippen LogP contribution in [0.5, 0.6) is 5.75 Å². The van der Waals surface area contributed by atoms with E-state index in [1.165, 1.54) is 0 Å². The van der Waals surface area contributed by atoms with Crippen molar-refractivity contribution >= 4 is 34.7 Å². The highest BCUT2D eigenvalue weighted by Gasteiger charge is 2.20. The summed E-state index contributed by atoms with van der Waals surface area (Å²) in [5.41, 5.74) is 4.07. The average Bonchev–Trinajstić information content (AvgIpc) is 3.42. The molecule has 2 N–H and O–H groups in total. The molecule has 4 rings (SSSR count). The number of amides is 1. The summed E-state index contributed by atoms with van der Waals surface area (Å²) in [5, 5.41) is 14.6. The fourth-order valence-electron chi connectivity index (χ4n) is 3.49. The second kappa shape index (κ2) is 10.1. The number of Topliss-reactive ketones (excluding diaryl/α,β-unsaturated/α-hetero) is 1. The first kappa shape index (κ1) is 23.5. The third-order valence-corrected chi connectivity index (χ3v) is 5.89. The zero-order valence-electron chi connectivity index (χ0n) is 19.3. The van der Waals surface area contributed by atoms with E-state index in [0.29, 0.717) is 47.2 Å². The van der Waals surface area contributed by atoms with Crippen LogP contribution >= 0.6 is 11.6 Å². The van der Waals surface area contributed by atoms with Crippen molar-refractivity contribution in [3.05, 3.63) is 76.2 Å². The number of ether oxygens (including phenoxy) is 1. The summed E-state index contributed by atoms with van der Waals surface area (Å²) in [5.74, 6) is 0.523. The molecule has 1 heterocycles. The average molecular weight is 480 g/mol. The molecule has 0 radical (unpaired) electrons. The van der Waals surface area contributed by atoms with Crippen LogP contribution in [0.4, 0.5) is 11.4 Å². The SMILES string of the molecule is CC1=C(Nc2ccc(C(=O)Nc3ccc(OCc4cn(C(C)C)nn4)cc3)cc2Cl)CCC1=O. The van der Waals surface area contributed by atoms with Gasteiger partial charge in [0.05, 0.1) is 16.9 Å². The van der Waals surface area contributed by atoms with Crippen molar-refractivity contribution in [2.24, 2.45) is 0 Å². The van der Waals surface area contributed by atoms with Crippen molar-refractivity contribution in [2.75, 3.05) is 10.6 Å². The van der Waals surface area contributed by atoms with Crippen LogP contribution in [0, 0.1) is 0 Å². The molecule has 1 aromatic heterocycles. The lowest BCUT2D eigenvalue weighted by Crippen LogP contribution is -2.12. The number of hydrogen-bond acceptors (Lipinski definition) is 6. The lowest BCUT2D eigenvalue weighted by Gasteiger charge is -2.12. The first-order valence-corrected chi connectivity index (χ1v) is 11.4. The van der Waals surface area contributed by atoms with Crippen molar-refractivity contribution in [1.82, 2.24) is 15.0 Å². The molecule has 0 bridgehead atoms. The Morgan fingerprint density at radius 1 is 1.18 bits per heavy atom. The number of hydrogen-bond donors (Lipinski definition) is 2. The van der Waals surface area contributed by atoms with Gasteiger partial charge < -0.3 is 15.4 Å². The Balaban J connectivity index is 1.34. The van der Waals surface area contributed by atoms with Crippen LogP contribution in [0.3, 0.4) is 0 Å². The van der Waals surface area contributed by atoms with Gasteiger partial charge in [0, 0.05) is 35.0 Å². The Bertz CT molecular complexity index is 1250. The van der Waals surface area contributed by atoms with Crippen LogP contribution in [-0.2, 0) is 11.4 Å².